The Morgan fingerprint density at radius 1 is 1.56 bits per heavy atom. The third-order valence-corrected chi connectivity index (χ3v) is 4.36. The van der Waals surface area contributed by atoms with Crippen LogP contribution in [0.15, 0.2) is 17.5 Å². The molecule has 0 aliphatic carbocycles. The van der Waals surface area contributed by atoms with Crippen LogP contribution in [0.1, 0.15) is 5.69 Å². The van der Waals surface area contributed by atoms with E-state index in [9.17, 15) is 4.79 Å². The van der Waals surface area contributed by atoms with Gasteiger partial charge in [0.25, 0.3) is 0 Å². The quantitative estimate of drug-likeness (QED) is 0.882. The zero-order chi connectivity index (χ0) is 13.0. The van der Waals surface area contributed by atoms with Crippen LogP contribution in [0.5, 0.6) is 0 Å². The molecule has 2 heterocycles. The number of thiophene rings is 1. The lowest BCUT2D eigenvalue weighted by molar-refractivity contribution is -0.120. The fourth-order valence-electron chi connectivity index (χ4n) is 1.31. The Morgan fingerprint density at radius 2 is 2.39 bits per heavy atom. The second-order valence-corrected chi connectivity index (χ2v) is 5.98. The summed E-state index contributed by atoms with van der Waals surface area (Å²) in [6.45, 7) is 0.246. The van der Waals surface area contributed by atoms with Crippen LogP contribution in [0.2, 0.25) is 4.34 Å². The summed E-state index contributed by atoms with van der Waals surface area (Å²) in [5.74, 6) is 2.24. The molecule has 2 aromatic rings. The van der Waals surface area contributed by atoms with Crippen molar-refractivity contribution in [3.63, 3.8) is 0 Å². The van der Waals surface area contributed by atoms with Crippen molar-refractivity contribution in [2.24, 2.45) is 0 Å². The van der Waals surface area contributed by atoms with Gasteiger partial charge in [-0.2, -0.15) is 0 Å². The van der Waals surface area contributed by atoms with Crippen LogP contribution in [0.4, 0.5) is 0 Å². The molecule has 0 saturated heterocycles. The van der Waals surface area contributed by atoms with Crippen LogP contribution >= 0.6 is 34.3 Å². The van der Waals surface area contributed by atoms with Gasteiger partial charge in [0.15, 0.2) is 0 Å². The Balaban J connectivity index is 2.03. The summed E-state index contributed by atoms with van der Waals surface area (Å²) in [4.78, 5) is 16.9. The summed E-state index contributed by atoms with van der Waals surface area (Å²) in [5, 5.41) is 5.36. The first-order valence-corrected chi connectivity index (χ1v) is 7.16. The zero-order valence-corrected chi connectivity index (χ0v) is 11.7. The molecule has 1 amide bonds. The van der Waals surface area contributed by atoms with E-state index < -0.39 is 0 Å². The predicted octanol–water partition coefficient (Wildman–Crippen LogP) is 2.82. The number of hydrogen-bond acceptors (Lipinski definition) is 4. The minimum atomic E-state index is -0.117. The van der Waals surface area contributed by atoms with E-state index in [-0.39, 0.29) is 18.9 Å². The number of carbonyl (C=O) groups is 1. The van der Waals surface area contributed by atoms with Crippen LogP contribution in [0.25, 0.3) is 9.88 Å². The Kier molecular flexibility index (Phi) is 4.37. The van der Waals surface area contributed by atoms with Crippen molar-refractivity contribution < 1.29 is 4.79 Å². The summed E-state index contributed by atoms with van der Waals surface area (Å²) in [6, 6.07) is 3.76. The third-order valence-electron chi connectivity index (χ3n) is 2.07. The average Bonchev–Trinajstić information content (AvgIpc) is 2.95. The molecule has 0 bridgehead atoms. The molecule has 0 spiro atoms. The van der Waals surface area contributed by atoms with Crippen molar-refractivity contribution in [2.45, 2.75) is 6.42 Å². The van der Waals surface area contributed by atoms with Gasteiger partial charge in [-0.3, -0.25) is 4.79 Å². The van der Waals surface area contributed by atoms with E-state index in [0.717, 1.165) is 19.9 Å². The molecule has 2 aromatic heterocycles. The maximum atomic E-state index is 11.5. The van der Waals surface area contributed by atoms with Gasteiger partial charge in [0.2, 0.25) is 5.91 Å². The molecule has 0 aliphatic rings. The number of amides is 1. The maximum Gasteiger partial charge on any atom is 0.226 e. The number of halogens is 1. The molecule has 0 radical (unpaired) electrons. The third kappa shape index (κ3) is 3.33. The largest absolute Gasteiger partial charge is 0.345 e. The van der Waals surface area contributed by atoms with Gasteiger partial charge in [-0.05, 0) is 12.1 Å². The maximum absolute atomic E-state index is 11.5. The van der Waals surface area contributed by atoms with E-state index in [4.69, 9.17) is 18.0 Å². The van der Waals surface area contributed by atoms with Crippen LogP contribution in [0.3, 0.4) is 0 Å². The van der Waals surface area contributed by atoms with Gasteiger partial charge in [-0.25, -0.2) is 4.98 Å². The topological polar surface area (TPSA) is 42.0 Å². The number of aromatic nitrogens is 1. The van der Waals surface area contributed by atoms with Crippen molar-refractivity contribution in [3.8, 4) is 22.2 Å². The van der Waals surface area contributed by atoms with Crippen LogP contribution < -0.4 is 5.32 Å². The molecule has 3 nitrogen and oxygen atoms in total. The lowest BCUT2D eigenvalue weighted by Gasteiger charge is -1.97. The molecule has 6 heteroatoms. The summed E-state index contributed by atoms with van der Waals surface area (Å²) >= 11 is 8.85. The molecule has 0 atom stereocenters. The smallest absolute Gasteiger partial charge is 0.226 e. The Hall–Kier alpha value is -1.35. The van der Waals surface area contributed by atoms with Crippen LogP contribution in [-0.2, 0) is 11.2 Å². The van der Waals surface area contributed by atoms with Crippen molar-refractivity contribution in [3.05, 3.63) is 27.5 Å². The normalized spacial score (nSPS) is 10.0. The minimum absolute atomic E-state index is 0.117. The lowest BCUT2D eigenvalue weighted by Crippen LogP contribution is -2.25. The van der Waals surface area contributed by atoms with E-state index in [1.54, 1.807) is 0 Å². The number of terminal acetylenes is 1. The molecule has 0 saturated carbocycles. The highest BCUT2D eigenvalue weighted by Gasteiger charge is 2.09. The lowest BCUT2D eigenvalue weighted by atomic mass is 10.3. The first kappa shape index (κ1) is 13.1. The van der Waals surface area contributed by atoms with E-state index in [1.807, 2.05) is 17.5 Å². The summed E-state index contributed by atoms with van der Waals surface area (Å²) < 4.78 is 0.730. The second-order valence-electron chi connectivity index (χ2n) is 3.41. The molecule has 2 rings (SSSR count). The van der Waals surface area contributed by atoms with Gasteiger partial charge >= 0.3 is 0 Å². The fourth-order valence-corrected chi connectivity index (χ4v) is 3.24. The van der Waals surface area contributed by atoms with Gasteiger partial charge in [0.05, 0.1) is 27.9 Å². The molecule has 0 fully saturated rings. The summed E-state index contributed by atoms with van der Waals surface area (Å²) in [5.41, 5.74) is 0.744. The van der Waals surface area contributed by atoms with Crippen molar-refractivity contribution in [2.75, 3.05) is 6.54 Å². The molecule has 0 aliphatic heterocycles. The average molecular weight is 297 g/mol. The molecule has 18 heavy (non-hydrogen) atoms. The van der Waals surface area contributed by atoms with Crippen molar-refractivity contribution in [1.82, 2.24) is 10.3 Å². The minimum Gasteiger partial charge on any atom is -0.345 e. The molecular formula is C12H9ClN2OS2. The molecular weight excluding hydrogens is 288 g/mol. The summed E-state index contributed by atoms with van der Waals surface area (Å²) in [6.07, 6.45) is 5.31. The van der Waals surface area contributed by atoms with E-state index in [2.05, 4.69) is 16.2 Å². The van der Waals surface area contributed by atoms with Gasteiger partial charge in [-0.15, -0.1) is 29.1 Å². The van der Waals surface area contributed by atoms with Gasteiger partial charge in [0, 0.05) is 5.38 Å². The van der Waals surface area contributed by atoms with Crippen LogP contribution in [0, 0.1) is 12.3 Å². The van der Waals surface area contributed by atoms with Gasteiger partial charge in [0.1, 0.15) is 5.01 Å². The molecule has 0 unspecified atom stereocenters. The summed E-state index contributed by atoms with van der Waals surface area (Å²) in [7, 11) is 0. The highest BCUT2D eigenvalue weighted by molar-refractivity contribution is 7.23. The zero-order valence-electron chi connectivity index (χ0n) is 9.27. The molecule has 92 valence electrons. The SMILES string of the molecule is C#CCNC(=O)Cc1csc(-c2ccc(Cl)s2)n1. The standard InChI is InChI=1S/C12H9ClN2OS2/c1-2-5-14-11(16)6-8-7-17-12(15-8)9-3-4-10(13)18-9/h1,3-4,7H,5-6H2,(H,14,16). The first-order valence-electron chi connectivity index (χ1n) is 5.09. The predicted molar refractivity (Wildman–Crippen MR) is 76.0 cm³/mol. The number of hydrogen-bond donors (Lipinski definition) is 1. The fraction of sp³-hybridized carbons (Fsp3) is 0.167. The van der Waals surface area contributed by atoms with E-state index in [1.165, 1.54) is 22.7 Å². The monoisotopic (exact) mass is 296 g/mol. The van der Waals surface area contributed by atoms with E-state index in [0.29, 0.717) is 0 Å². The molecule has 1 N–H and O–H groups in total. The first-order chi connectivity index (χ1) is 8.69. The highest BCUT2D eigenvalue weighted by Crippen LogP contribution is 2.32. The van der Waals surface area contributed by atoms with Crippen LogP contribution in [-0.4, -0.2) is 17.4 Å². The number of nitrogens with zero attached hydrogens (tertiary/aromatic N) is 1. The van der Waals surface area contributed by atoms with Crippen molar-refractivity contribution in [1.29, 1.82) is 0 Å². The number of thiazole rings is 1. The highest BCUT2D eigenvalue weighted by atomic mass is 35.5. The molecule has 0 aromatic carbocycles. The number of rotatable bonds is 4. The second kappa shape index (κ2) is 6.01. The van der Waals surface area contributed by atoms with Gasteiger partial charge in [-0.1, -0.05) is 17.5 Å². The van der Waals surface area contributed by atoms with Crippen molar-refractivity contribution >= 4 is 40.2 Å². The Labute approximate surface area is 118 Å². The number of nitrogens with one attached hydrogen (secondary N) is 1. The Morgan fingerprint density at radius 3 is 3.06 bits per heavy atom. The Bertz CT molecular complexity index is 597. The van der Waals surface area contributed by atoms with E-state index >= 15 is 0 Å². The number of carbonyl (C=O) groups excluding carboxylic acids is 1. The van der Waals surface area contributed by atoms with Gasteiger partial charge < -0.3 is 5.32 Å².